The Balaban J connectivity index is 0.00000320. The Morgan fingerprint density at radius 3 is 2.53 bits per heavy atom. The third-order valence-corrected chi connectivity index (χ3v) is 3.91. The molecule has 0 saturated heterocycles. The van der Waals surface area contributed by atoms with E-state index in [0.717, 1.165) is 11.4 Å². The number of hydrogen-bond acceptors (Lipinski definition) is 4. The number of guanidine groups is 1. The highest BCUT2D eigenvalue weighted by molar-refractivity contribution is 14.0. The molecule has 160 valence electrons. The van der Waals surface area contributed by atoms with Crippen molar-refractivity contribution in [1.82, 2.24) is 25.2 Å². The van der Waals surface area contributed by atoms with E-state index in [1.54, 1.807) is 48.7 Å². The van der Waals surface area contributed by atoms with E-state index in [-0.39, 0.29) is 36.3 Å². The summed E-state index contributed by atoms with van der Waals surface area (Å²) in [5.74, 6) is 0.933. The molecular formula is C19H20F3IN6O. The first-order chi connectivity index (χ1) is 13.9. The first kappa shape index (κ1) is 23.4. The quantitative estimate of drug-likeness (QED) is 0.288. The third kappa shape index (κ3) is 6.90. The second-order valence-electron chi connectivity index (χ2n) is 5.93. The second kappa shape index (κ2) is 10.8. The number of ether oxygens (including phenoxy) is 1. The van der Waals surface area contributed by atoms with Crippen LogP contribution in [0.25, 0.3) is 5.82 Å². The van der Waals surface area contributed by atoms with Gasteiger partial charge in [0.1, 0.15) is 17.9 Å². The van der Waals surface area contributed by atoms with Crippen LogP contribution in [-0.2, 0) is 13.1 Å². The van der Waals surface area contributed by atoms with E-state index >= 15 is 0 Å². The van der Waals surface area contributed by atoms with Crippen LogP contribution in [0.5, 0.6) is 5.75 Å². The number of hydrogen-bond donors (Lipinski definition) is 2. The van der Waals surface area contributed by atoms with Gasteiger partial charge in [-0.1, -0.05) is 24.3 Å². The monoisotopic (exact) mass is 532 g/mol. The SMILES string of the molecule is CN=C(NCc1ccc(-n2ccnc2)nc1)NCc1ccccc1OC(F)(F)F.I. The molecule has 2 aromatic heterocycles. The topological polar surface area (TPSA) is 76.4 Å². The number of aromatic nitrogens is 3. The normalized spacial score (nSPS) is 11.5. The van der Waals surface area contributed by atoms with Gasteiger partial charge in [-0.05, 0) is 17.7 Å². The summed E-state index contributed by atoms with van der Waals surface area (Å²) >= 11 is 0. The Morgan fingerprint density at radius 1 is 1.13 bits per heavy atom. The Kier molecular flexibility index (Phi) is 8.45. The van der Waals surface area contributed by atoms with Crippen LogP contribution in [0.3, 0.4) is 0 Å². The number of imidazole rings is 1. The number of pyridine rings is 1. The number of halogens is 4. The van der Waals surface area contributed by atoms with Crippen LogP contribution in [0, 0.1) is 0 Å². The largest absolute Gasteiger partial charge is 0.573 e. The predicted molar refractivity (Wildman–Crippen MR) is 117 cm³/mol. The fourth-order valence-electron chi connectivity index (χ4n) is 2.53. The van der Waals surface area contributed by atoms with Crippen molar-refractivity contribution in [2.24, 2.45) is 4.99 Å². The smallest absolute Gasteiger partial charge is 0.405 e. The van der Waals surface area contributed by atoms with Crippen LogP contribution in [0.1, 0.15) is 11.1 Å². The molecule has 3 rings (SSSR count). The molecule has 0 bridgehead atoms. The van der Waals surface area contributed by atoms with E-state index in [2.05, 4.69) is 30.3 Å². The van der Waals surface area contributed by atoms with E-state index in [1.807, 2.05) is 12.1 Å². The minimum atomic E-state index is -4.74. The molecule has 2 N–H and O–H groups in total. The van der Waals surface area contributed by atoms with Gasteiger partial charge < -0.3 is 15.4 Å². The molecule has 0 aliphatic heterocycles. The van der Waals surface area contributed by atoms with Crippen molar-refractivity contribution in [2.75, 3.05) is 7.05 Å². The van der Waals surface area contributed by atoms with E-state index in [9.17, 15) is 13.2 Å². The number of nitrogens with zero attached hydrogens (tertiary/aromatic N) is 4. The van der Waals surface area contributed by atoms with Crippen LogP contribution in [-0.4, -0.2) is 33.9 Å². The van der Waals surface area contributed by atoms with Gasteiger partial charge in [-0.25, -0.2) is 9.97 Å². The predicted octanol–water partition coefficient (Wildman–Crippen LogP) is 3.65. The Morgan fingerprint density at radius 2 is 1.90 bits per heavy atom. The van der Waals surface area contributed by atoms with Gasteiger partial charge in [-0.15, -0.1) is 37.1 Å². The first-order valence-electron chi connectivity index (χ1n) is 8.66. The molecule has 1 aromatic carbocycles. The maximum Gasteiger partial charge on any atom is 0.573 e. The molecule has 0 amide bonds. The molecule has 3 aromatic rings. The van der Waals surface area contributed by atoms with E-state index in [1.165, 1.54) is 12.1 Å². The minimum absolute atomic E-state index is 0. The summed E-state index contributed by atoms with van der Waals surface area (Å²) in [7, 11) is 1.58. The maximum absolute atomic E-state index is 12.5. The maximum atomic E-state index is 12.5. The molecule has 0 aliphatic carbocycles. The summed E-state index contributed by atoms with van der Waals surface area (Å²) in [5.41, 5.74) is 1.27. The highest BCUT2D eigenvalue weighted by atomic mass is 127. The second-order valence-corrected chi connectivity index (χ2v) is 5.93. The number of benzene rings is 1. The molecule has 0 aliphatic rings. The van der Waals surface area contributed by atoms with Gasteiger partial charge in [0, 0.05) is 44.3 Å². The van der Waals surface area contributed by atoms with Gasteiger partial charge in [0.25, 0.3) is 0 Å². The summed E-state index contributed by atoms with van der Waals surface area (Å²) in [6.07, 6.45) is 2.11. The number of alkyl halides is 3. The molecule has 0 atom stereocenters. The zero-order valence-corrected chi connectivity index (χ0v) is 18.3. The molecule has 0 saturated carbocycles. The summed E-state index contributed by atoms with van der Waals surface area (Å²) in [6.45, 7) is 0.557. The van der Waals surface area contributed by atoms with Crippen molar-refractivity contribution in [3.63, 3.8) is 0 Å². The molecular weight excluding hydrogens is 512 g/mol. The van der Waals surface area contributed by atoms with Crippen molar-refractivity contribution in [2.45, 2.75) is 19.5 Å². The van der Waals surface area contributed by atoms with Gasteiger partial charge in [-0.2, -0.15) is 0 Å². The highest BCUT2D eigenvalue weighted by Crippen LogP contribution is 2.26. The molecule has 7 nitrogen and oxygen atoms in total. The van der Waals surface area contributed by atoms with Crippen molar-refractivity contribution in [3.8, 4) is 11.6 Å². The lowest BCUT2D eigenvalue weighted by molar-refractivity contribution is -0.274. The molecule has 0 unspecified atom stereocenters. The zero-order chi connectivity index (χ0) is 20.7. The fraction of sp³-hybridized carbons (Fsp3) is 0.211. The fourth-order valence-corrected chi connectivity index (χ4v) is 2.53. The number of rotatable bonds is 6. The molecule has 2 heterocycles. The Bertz CT molecular complexity index is 946. The minimum Gasteiger partial charge on any atom is -0.405 e. The lowest BCUT2D eigenvalue weighted by Gasteiger charge is -2.15. The van der Waals surface area contributed by atoms with Gasteiger partial charge in [-0.3, -0.25) is 9.56 Å². The number of para-hydroxylation sites is 1. The molecule has 30 heavy (non-hydrogen) atoms. The van der Waals surface area contributed by atoms with Crippen molar-refractivity contribution >= 4 is 29.9 Å². The number of aliphatic imine (C=N–C) groups is 1. The summed E-state index contributed by atoms with van der Waals surface area (Å²) in [4.78, 5) is 12.4. The Labute approximate surface area is 188 Å². The molecule has 11 heteroatoms. The number of nitrogens with one attached hydrogen (secondary N) is 2. The van der Waals surface area contributed by atoms with Crippen LogP contribution >= 0.6 is 24.0 Å². The van der Waals surface area contributed by atoms with Crippen LogP contribution in [0.15, 0.2) is 66.3 Å². The zero-order valence-electron chi connectivity index (χ0n) is 15.9. The summed E-state index contributed by atoms with van der Waals surface area (Å²) < 4.78 is 43.4. The van der Waals surface area contributed by atoms with Gasteiger partial charge >= 0.3 is 6.36 Å². The molecule has 0 fully saturated rings. The van der Waals surface area contributed by atoms with E-state index < -0.39 is 6.36 Å². The third-order valence-electron chi connectivity index (χ3n) is 3.91. The van der Waals surface area contributed by atoms with Crippen LogP contribution in [0.2, 0.25) is 0 Å². The highest BCUT2D eigenvalue weighted by Gasteiger charge is 2.31. The average Bonchev–Trinajstić information content (AvgIpc) is 3.23. The van der Waals surface area contributed by atoms with Crippen molar-refractivity contribution < 1.29 is 17.9 Å². The van der Waals surface area contributed by atoms with E-state index in [4.69, 9.17) is 0 Å². The molecule has 0 radical (unpaired) electrons. The summed E-state index contributed by atoms with van der Waals surface area (Å²) in [5, 5.41) is 6.07. The van der Waals surface area contributed by atoms with Gasteiger partial charge in [0.15, 0.2) is 5.96 Å². The first-order valence-corrected chi connectivity index (χ1v) is 8.66. The average molecular weight is 532 g/mol. The summed E-state index contributed by atoms with van der Waals surface area (Å²) in [6, 6.07) is 9.73. The standard InChI is InChI=1S/C19H19F3N6O.HI/c1-23-18(27-12-15-4-2-3-5-16(15)29-19(20,21)22)26-11-14-6-7-17(25-10-14)28-9-8-24-13-28;/h2-10,13H,11-12H2,1H3,(H2,23,26,27);1H. The van der Waals surface area contributed by atoms with E-state index in [0.29, 0.717) is 18.1 Å². The van der Waals surface area contributed by atoms with Crippen LogP contribution in [0.4, 0.5) is 13.2 Å². The lowest BCUT2D eigenvalue weighted by Crippen LogP contribution is -2.36. The van der Waals surface area contributed by atoms with Crippen molar-refractivity contribution in [3.05, 3.63) is 72.4 Å². The molecule has 0 spiro atoms. The van der Waals surface area contributed by atoms with Gasteiger partial charge in [0.2, 0.25) is 0 Å². The van der Waals surface area contributed by atoms with Gasteiger partial charge in [0.05, 0.1) is 0 Å². The lowest BCUT2D eigenvalue weighted by atomic mass is 10.2. The van der Waals surface area contributed by atoms with Crippen molar-refractivity contribution in [1.29, 1.82) is 0 Å². The Hall–Kier alpha value is -2.83. The van der Waals surface area contributed by atoms with Crippen LogP contribution < -0.4 is 15.4 Å².